The molecule has 0 spiro atoms. The molecule has 9 heteroatoms. The standard InChI is InChI=1S/C20H22F2N4O3/c1-27-15-6-16(28-2)19(22)17(18(15)21)10-3-4-12-11(5-10)7-24-20(12)13-8-29-9-14(13)25-26-23/h6,10,13-14H,3-5,7-9H2,1-2H3/t10-,13?,14?/m0/s1. The number of allylic oxidation sites excluding steroid dienone is 1. The highest BCUT2D eigenvalue weighted by Gasteiger charge is 2.39. The number of azide groups is 1. The van der Waals surface area contributed by atoms with Crippen molar-refractivity contribution in [2.75, 3.05) is 34.0 Å². The lowest BCUT2D eigenvalue weighted by Gasteiger charge is -2.27. The second kappa shape index (κ2) is 8.00. The quantitative estimate of drug-likeness (QED) is 0.416. The second-order valence-corrected chi connectivity index (χ2v) is 7.46. The van der Waals surface area contributed by atoms with Gasteiger partial charge in [0.05, 0.1) is 40.0 Å². The lowest BCUT2D eigenvalue weighted by Crippen LogP contribution is -2.27. The van der Waals surface area contributed by atoms with Crippen molar-refractivity contribution in [3.8, 4) is 11.5 Å². The third kappa shape index (κ3) is 3.34. The molecule has 2 heterocycles. The smallest absolute Gasteiger partial charge is 0.171 e. The van der Waals surface area contributed by atoms with E-state index in [2.05, 4.69) is 15.0 Å². The Morgan fingerprint density at radius 2 is 1.93 bits per heavy atom. The molecule has 29 heavy (non-hydrogen) atoms. The fourth-order valence-corrected chi connectivity index (χ4v) is 4.60. The summed E-state index contributed by atoms with van der Waals surface area (Å²) in [7, 11) is 2.70. The Labute approximate surface area is 167 Å². The van der Waals surface area contributed by atoms with Crippen LogP contribution in [-0.4, -0.2) is 45.7 Å². The van der Waals surface area contributed by atoms with Crippen molar-refractivity contribution >= 4 is 5.71 Å². The van der Waals surface area contributed by atoms with Gasteiger partial charge >= 0.3 is 0 Å². The van der Waals surface area contributed by atoms with Crippen molar-refractivity contribution < 1.29 is 23.0 Å². The van der Waals surface area contributed by atoms with Crippen molar-refractivity contribution in [1.82, 2.24) is 0 Å². The van der Waals surface area contributed by atoms with Crippen molar-refractivity contribution in [1.29, 1.82) is 0 Å². The molecule has 0 N–H and O–H groups in total. The van der Waals surface area contributed by atoms with Gasteiger partial charge in [-0.05, 0) is 41.9 Å². The summed E-state index contributed by atoms with van der Waals surface area (Å²) < 4.78 is 45.4. The Morgan fingerprint density at radius 3 is 2.59 bits per heavy atom. The maximum atomic E-state index is 14.9. The molecular formula is C20H22F2N4O3. The van der Waals surface area contributed by atoms with E-state index in [1.54, 1.807) is 0 Å². The minimum Gasteiger partial charge on any atom is -0.494 e. The first kappa shape index (κ1) is 19.7. The minimum absolute atomic E-state index is 0.0114. The average Bonchev–Trinajstić information content (AvgIpc) is 3.35. The summed E-state index contributed by atoms with van der Waals surface area (Å²) in [5.74, 6) is -1.78. The van der Waals surface area contributed by atoms with Crippen LogP contribution in [0, 0.1) is 17.6 Å². The molecule has 3 atom stereocenters. The van der Waals surface area contributed by atoms with Crippen LogP contribution >= 0.6 is 0 Å². The molecule has 1 aromatic rings. The van der Waals surface area contributed by atoms with E-state index >= 15 is 0 Å². The van der Waals surface area contributed by atoms with Gasteiger partial charge in [-0.15, -0.1) is 0 Å². The van der Waals surface area contributed by atoms with E-state index in [0.29, 0.717) is 39.0 Å². The van der Waals surface area contributed by atoms with Crippen molar-refractivity contribution in [3.05, 3.63) is 44.9 Å². The number of hydrogen-bond donors (Lipinski definition) is 0. The van der Waals surface area contributed by atoms with Crippen LogP contribution in [0.2, 0.25) is 0 Å². The topological polar surface area (TPSA) is 88.8 Å². The zero-order valence-corrected chi connectivity index (χ0v) is 16.3. The Hall–Kier alpha value is -2.64. The Balaban J connectivity index is 1.62. The van der Waals surface area contributed by atoms with Crippen LogP contribution in [-0.2, 0) is 4.74 Å². The number of rotatable bonds is 5. The molecule has 1 aromatic carbocycles. The van der Waals surface area contributed by atoms with E-state index in [1.165, 1.54) is 20.3 Å². The molecule has 0 amide bonds. The maximum Gasteiger partial charge on any atom is 0.171 e. The summed E-state index contributed by atoms with van der Waals surface area (Å²) in [6.45, 7) is 1.36. The summed E-state index contributed by atoms with van der Waals surface area (Å²) in [6.07, 6.45) is 1.77. The van der Waals surface area contributed by atoms with Gasteiger partial charge in [-0.1, -0.05) is 5.11 Å². The molecule has 1 aliphatic carbocycles. The number of methoxy groups -OCH3 is 2. The first-order valence-electron chi connectivity index (χ1n) is 9.56. The van der Waals surface area contributed by atoms with E-state index < -0.39 is 11.6 Å². The fraction of sp³-hybridized carbons (Fsp3) is 0.550. The monoisotopic (exact) mass is 404 g/mol. The highest BCUT2D eigenvalue weighted by atomic mass is 19.1. The van der Waals surface area contributed by atoms with Gasteiger partial charge < -0.3 is 14.2 Å². The summed E-state index contributed by atoms with van der Waals surface area (Å²) in [4.78, 5) is 7.59. The van der Waals surface area contributed by atoms with E-state index in [1.807, 2.05) is 0 Å². The Kier molecular flexibility index (Phi) is 5.43. The molecule has 0 bridgehead atoms. The summed E-state index contributed by atoms with van der Waals surface area (Å²) in [6, 6.07) is 0.967. The molecule has 2 aliphatic heterocycles. The van der Waals surface area contributed by atoms with E-state index in [-0.39, 0.29) is 34.9 Å². The molecule has 1 fully saturated rings. The Morgan fingerprint density at radius 1 is 1.21 bits per heavy atom. The molecule has 0 radical (unpaired) electrons. The molecule has 3 aliphatic rings. The number of benzene rings is 1. The zero-order chi connectivity index (χ0) is 20.5. The van der Waals surface area contributed by atoms with E-state index in [9.17, 15) is 8.78 Å². The highest BCUT2D eigenvalue weighted by Crippen LogP contribution is 2.45. The minimum atomic E-state index is -0.674. The lowest BCUT2D eigenvalue weighted by molar-refractivity contribution is 0.190. The second-order valence-electron chi connectivity index (χ2n) is 7.46. The summed E-state index contributed by atoms with van der Waals surface area (Å²) in [5, 5.41) is 3.84. The number of ether oxygens (including phenoxy) is 3. The molecule has 4 rings (SSSR count). The van der Waals surface area contributed by atoms with Gasteiger partial charge in [0.1, 0.15) is 0 Å². The molecule has 0 saturated carbocycles. The van der Waals surface area contributed by atoms with E-state index in [4.69, 9.17) is 19.7 Å². The first-order valence-corrected chi connectivity index (χ1v) is 9.56. The van der Waals surface area contributed by atoms with Crippen LogP contribution in [0.4, 0.5) is 8.78 Å². The van der Waals surface area contributed by atoms with Crippen LogP contribution in [0.3, 0.4) is 0 Å². The van der Waals surface area contributed by atoms with Crippen molar-refractivity contribution in [2.24, 2.45) is 16.0 Å². The molecule has 0 aromatic heterocycles. The summed E-state index contributed by atoms with van der Waals surface area (Å²) >= 11 is 0. The summed E-state index contributed by atoms with van der Waals surface area (Å²) in [5.41, 5.74) is 11.9. The lowest BCUT2D eigenvalue weighted by atomic mass is 9.77. The Bertz CT molecular complexity index is 912. The van der Waals surface area contributed by atoms with Crippen LogP contribution in [0.15, 0.2) is 27.3 Å². The van der Waals surface area contributed by atoms with Gasteiger partial charge in [0.15, 0.2) is 23.1 Å². The van der Waals surface area contributed by atoms with Gasteiger partial charge in [0.25, 0.3) is 0 Å². The van der Waals surface area contributed by atoms with Crippen LogP contribution in [0.5, 0.6) is 11.5 Å². The van der Waals surface area contributed by atoms with Gasteiger partial charge in [0.2, 0.25) is 0 Å². The van der Waals surface area contributed by atoms with Crippen molar-refractivity contribution in [2.45, 2.75) is 31.2 Å². The zero-order valence-electron chi connectivity index (χ0n) is 16.3. The predicted octanol–water partition coefficient (Wildman–Crippen LogP) is 4.33. The number of hydrogen-bond acceptors (Lipinski definition) is 5. The molecule has 154 valence electrons. The van der Waals surface area contributed by atoms with Crippen LogP contribution < -0.4 is 9.47 Å². The number of aliphatic imine (C=N–C) groups is 1. The fourth-order valence-electron chi connectivity index (χ4n) is 4.60. The number of nitrogens with zero attached hydrogens (tertiary/aromatic N) is 4. The van der Waals surface area contributed by atoms with Crippen LogP contribution in [0.25, 0.3) is 10.4 Å². The molecule has 7 nitrogen and oxygen atoms in total. The number of halogens is 2. The van der Waals surface area contributed by atoms with Crippen molar-refractivity contribution in [3.63, 3.8) is 0 Å². The van der Waals surface area contributed by atoms with Gasteiger partial charge in [-0.25, -0.2) is 8.78 Å². The average molecular weight is 404 g/mol. The first-order chi connectivity index (χ1) is 14.1. The van der Waals surface area contributed by atoms with E-state index in [0.717, 1.165) is 16.9 Å². The largest absolute Gasteiger partial charge is 0.494 e. The predicted molar refractivity (Wildman–Crippen MR) is 103 cm³/mol. The van der Waals surface area contributed by atoms with Gasteiger partial charge in [-0.3, -0.25) is 4.99 Å². The molecular weight excluding hydrogens is 382 g/mol. The highest BCUT2D eigenvalue weighted by molar-refractivity contribution is 6.05. The van der Waals surface area contributed by atoms with Crippen LogP contribution in [0.1, 0.15) is 30.7 Å². The normalized spacial score (nSPS) is 26.1. The van der Waals surface area contributed by atoms with Gasteiger partial charge in [-0.2, -0.15) is 0 Å². The SMILES string of the molecule is COc1cc(OC)c(F)c([C@H]2CCC3=C(CN=C3C3COCC3N=[N+]=[N-])C2)c1F. The third-order valence-electron chi connectivity index (χ3n) is 6.03. The third-order valence-corrected chi connectivity index (χ3v) is 6.03. The molecule has 2 unspecified atom stereocenters. The molecule has 1 saturated heterocycles. The van der Waals surface area contributed by atoms with Gasteiger partial charge in [0, 0.05) is 28.2 Å². The maximum absolute atomic E-state index is 14.9.